The number of sulfonamides is 1. The molecule has 1 atom stereocenters. The second-order valence-corrected chi connectivity index (χ2v) is 10.6. The Hall–Kier alpha value is -3.69. The molecular formula is C28H31N3O5S. The van der Waals surface area contributed by atoms with Crippen LogP contribution < -0.4 is 20.1 Å². The Labute approximate surface area is 217 Å². The second-order valence-electron chi connectivity index (χ2n) is 8.96. The van der Waals surface area contributed by atoms with Gasteiger partial charge in [-0.2, -0.15) is 0 Å². The molecule has 1 fully saturated rings. The zero-order valence-electron chi connectivity index (χ0n) is 20.9. The molecule has 194 valence electrons. The molecule has 9 heteroatoms. The van der Waals surface area contributed by atoms with Crippen LogP contribution in [0.5, 0.6) is 11.5 Å². The van der Waals surface area contributed by atoms with Gasteiger partial charge in [-0.1, -0.05) is 60.7 Å². The minimum Gasteiger partial charge on any atom is -0.496 e. The number of nitrogens with one attached hydrogen (secondary N) is 2. The maximum absolute atomic E-state index is 13.7. The van der Waals surface area contributed by atoms with E-state index < -0.39 is 27.4 Å². The van der Waals surface area contributed by atoms with Crippen molar-refractivity contribution in [3.63, 3.8) is 0 Å². The molecule has 1 heterocycles. The molecule has 0 radical (unpaired) electrons. The lowest BCUT2D eigenvalue weighted by molar-refractivity contribution is 0.0914. The predicted molar refractivity (Wildman–Crippen MR) is 144 cm³/mol. The topological polar surface area (TPSA) is 106 Å². The van der Waals surface area contributed by atoms with Crippen LogP contribution in [0, 0.1) is 0 Å². The number of piperidine rings is 1. The fraction of sp³-hybridized carbons (Fsp3) is 0.286. The van der Waals surface area contributed by atoms with Crippen molar-refractivity contribution in [2.24, 2.45) is 4.40 Å². The Morgan fingerprint density at radius 2 is 1.54 bits per heavy atom. The largest absolute Gasteiger partial charge is 0.496 e. The summed E-state index contributed by atoms with van der Waals surface area (Å²) in [4.78, 5) is 13.7. The molecule has 1 amide bonds. The van der Waals surface area contributed by atoms with Gasteiger partial charge in [0, 0.05) is 5.41 Å². The molecule has 1 saturated heterocycles. The molecule has 3 aromatic carbocycles. The lowest BCUT2D eigenvalue weighted by Gasteiger charge is -2.44. The Balaban J connectivity index is 1.89. The number of carbonyl (C=O) groups excluding carboxylic acids is 1. The van der Waals surface area contributed by atoms with Gasteiger partial charge in [0.1, 0.15) is 17.5 Å². The third-order valence-corrected chi connectivity index (χ3v) is 7.00. The molecule has 1 aliphatic rings. The van der Waals surface area contributed by atoms with Crippen LogP contribution in [-0.4, -0.2) is 52.7 Å². The summed E-state index contributed by atoms with van der Waals surface area (Å²) in [6, 6.07) is 24.6. The van der Waals surface area contributed by atoms with Gasteiger partial charge in [0.15, 0.2) is 0 Å². The summed E-state index contributed by atoms with van der Waals surface area (Å²) >= 11 is 0. The summed E-state index contributed by atoms with van der Waals surface area (Å²) < 4.78 is 40.6. The molecule has 37 heavy (non-hydrogen) atoms. The minimum absolute atomic E-state index is 0.0947. The maximum Gasteiger partial charge on any atom is 0.255 e. The van der Waals surface area contributed by atoms with Crippen molar-refractivity contribution in [3.8, 4) is 11.5 Å². The molecule has 1 unspecified atom stereocenters. The quantitative estimate of drug-likeness (QED) is 0.347. The Morgan fingerprint density at radius 3 is 2.16 bits per heavy atom. The van der Waals surface area contributed by atoms with E-state index >= 15 is 0 Å². The number of nitrogens with zero attached hydrogens (tertiary/aromatic N) is 1. The first-order valence-corrected chi connectivity index (χ1v) is 13.9. The minimum atomic E-state index is -3.88. The number of hydrogen-bond acceptors (Lipinski definition) is 6. The van der Waals surface area contributed by atoms with Crippen LogP contribution in [0.2, 0.25) is 0 Å². The van der Waals surface area contributed by atoms with Crippen LogP contribution in [-0.2, 0) is 15.4 Å². The molecule has 0 aromatic heterocycles. The van der Waals surface area contributed by atoms with E-state index in [-0.39, 0.29) is 5.90 Å². The molecule has 2 N–H and O–H groups in total. The summed E-state index contributed by atoms with van der Waals surface area (Å²) in [6.07, 6.45) is 2.25. The molecule has 4 rings (SSSR count). The fourth-order valence-electron chi connectivity index (χ4n) is 4.77. The third kappa shape index (κ3) is 6.36. The van der Waals surface area contributed by atoms with Crippen LogP contribution in [0.3, 0.4) is 0 Å². The highest BCUT2D eigenvalue weighted by Gasteiger charge is 2.46. The van der Waals surface area contributed by atoms with Crippen molar-refractivity contribution in [2.45, 2.75) is 24.3 Å². The van der Waals surface area contributed by atoms with E-state index in [1.54, 1.807) is 48.5 Å². The zero-order chi connectivity index (χ0) is 26.3. The Bertz CT molecular complexity index is 1340. The van der Waals surface area contributed by atoms with Crippen molar-refractivity contribution < 1.29 is 22.7 Å². The molecule has 3 aromatic rings. The zero-order valence-corrected chi connectivity index (χ0v) is 21.7. The van der Waals surface area contributed by atoms with Gasteiger partial charge in [0.2, 0.25) is 5.90 Å². The summed E-state index contributed by atoms with van der Waals surface area (Å²) in [7, 11) is -2.38. The molecule has 1 aliphatic heterocycles. The number of carbonyl (C=O) groups is 1. The second kappa shape index (κ2) is 11.6. The SMILES string of the molecule is COc1ccccc1C(=O)NC(C(=NS(C)(=O)=O)Oc1ccccc1)C1(c2ccccc2)CCNCC1. The van der Waals surface area contributed by atoms with Crippen LogP contribution in [0.1, 0.15) is 28.8 Å². The van der Waals surface area contributed by atoms with Crippen molar-refractivity contribution in [1.29, 1.82) is 0 Å². The van der Waals surface area contributed by atoms with Gasteiger partial charge in [0.05, 0.1) is 18.9 Å². The number of para-hydroxylation sites is 2. The average Bonchev–Trinajstić information content (AvgIpc) is 2.92. The highest BCUT2D eigenvalue weighted by atomic mass is 32.2. The molecule has 0 spiro atoms. The molecule has 0 saturated carbocycles. The predicted octanol–water partition coefficient (Wildman–Crippen LogP) is 3.55. The lowest BCUT2D eigenvalue weighted by Crippen LogP contribution is -2.59. The average molecular weight is 522 g/mol. The lowest BCUT2D eigenvalue weighted by atomic mass is 9.67. The van der Waals surface area contributed by atoms with Crippen molar-refractivity contribution in [2.75, 3.05) is 26.5 Å². The van der Waals surface area contributed by atoms with Crippen molar-refractivity contribution >= 4 is 21.8 Å². The standard InChI is InChI=1S/C28H31N3O5S/c1-35-24-16-10-9-15-23(24)26(32)30-25(27(31-37(2,33)34)36-22-13-7-4-8-14-22)28(17-19-29-20-18-28)21-11-5-3-6-12-21/h3-16,25,29H,17-20H2,1-2H3,(H,30,32). The highest BCUT2D eigenvalue weighted by molar-refractivity contribution is 7.89. The number of benzene rings is 3. The van der Waals surface area contributed by atoms with E-state index in [0.29, 0.717) is 43.0 Å². The van der Waals surface area contributed by atoms with Gasteiger partial charge in [0.25, 0.3) is 15.9 Å². The van der Waals surface area contributed by atoms with Crippen molar-refractivity contribution in [3.05, 3.63) is 96.1 Å². The summed E-state index contributed by atoms with van der Waals surface area (Å²) in [5.41, 5.74) is 0.591. The van der Waals surface area contributed by atoms with Crippen molar-refractivity contribution in [1.82, 2.24) is 10.6 Å². The van der Waals surface area contributed by atoms with E-state index in [9.17, 15) is 13.2 Å². The molecule has 0 bridgehead atoms. The monoisotopic (exact) mass is 521 g/mol. The van der Waals surface area contributed by atoms with E-state index in [1.165, 1.54) is 7.11 Å². The maximum atomic E-state index is 13.7. The van der Waals surface area contributed by atoms with Crippen LogP contribution in [0.4, 0.5) is 0 Å². The first-order chi connectivity index (χ1) is 17.8. The van der Waals surface area contributed by atoms with E-state index in [1.807, 2.05) is 36.4 Å². The van der Waals surface area contributed by atoms with Gasteiger partial charge in [-0.05, 0) is 55.8 Å². The smallest absolute Gasteiger partial charge is 0.255 e. The Morgan fingerprint density at radius 1 is 0.946 bits per heavy atom. The van der Waals surface area contributed by atoms with E-state index in [4.69, 9.17) is 9.47 Å². The third-order valence-electron chi connectivity index (χ3n) is 6.49. The number of ether oxygens (including phenoxy) is 2. The van der Waals surface area contributed by atoms with Gasteiger partial charge >= 0.3 is 0 Å². The number of hydrogen-bond donors (Lipinski definition) is 2. The molecule has 0 aliphatic carbocycles. The first-order valence-electron chi connectivity index (χ1n) is 12.1. The van der Waals surface area contributed by atoms with Crippen LogP contribution >= 0.6 is 0 Å². The van der Waals surface area contributed by atoms with E-state index in [0.717, 1.165) is 11.8 Å². The molecule has 8 nitrogen and oxygen atoms in total. The van der Waals surface area contributed by atoms with Gasteiger partial charge in [-0.25, -0.2) is 8.42 Å². The summed E-state index contributed by atoms with van der Waals surface area (Å²) in [5.74, 6) is 0.304. The first kappa shape index (κ1) is 26.4. The number of rotatable bonds is 8. The Kier molecular flexibility index (Phi) is 8.25. The normalized spacial score (nSPS) is 16.4. The van der Waals surface area contributed by atoms with Gasteiger partial charge < -0.3 is 20.1 Å². The van der Waals surface area contributed by atoms with Crippen LogP contribution in [0.25, 0.3) is 0 Å². The summed E-state index contributed by atoms with van der Waals surface area (Å²) in [6.45, 7) is 1.35. The highest BCUT2D eigenvalue weighted by Crippen LogP contribution is 2.38. The van der Waals surface area contributed by atoms with Gasteiger partial charge in [-0.15, -0.1) is 4.40 Å². The fourth-order valence-corrected chi connectivity index (χ4v) is 5.24. The summed E-state index contributed by atoms with van der Waals surface area (Å²) in [5, 5.41) is 6.47. The van der Waals surface area contributed by atoms with Crippen LogP contribution in [0.15, 0.2) is 89.3 Å². The number of amides is 1. The van der Waals surface area contributed by atoms with Gasteiger partial charge in [-0.3, -0.25) is 4.79 Å². The van der Waals surface area contributed by atoms with E-state index in [2.05, 4.69) is 15.0 Å². The molecular weight excluding hydrogens is 490 g/mol. The number of methoxy groups -OCH3 is 1.